The normalized spacial score (nSPS) is 10.4. The maximum absolute atomic E-state index is 11.6. The minimum Gasteiger partial charge on any atom is -0.310 e. The van der Waals surface area contributed by atoms with Crippen molar-refractivity contribution in [3.63, 3.8) is 0 Å². The number of halogens is 1. The largest absolute Gasteiger partial charge is 0.310 e. The molecule has 88 valence electrons. The summed E-state index contributed by atoms with van der Waals surface area (Å²) in [4.78, 5) is 11.6. The van der Waals surface area contributed by atoms with Crippen molar-refractivity contribution in [1.82, 2.24) is 5.32 Å². The second-order valence-electron chi connectivity index (χ2n) is 3.99. The summed E-state index contributed by atoms with van der Waals surface area (Å²) in [5.41, 5.74) is 2.03. The first-order valence-electron chi connectivity index (χ1n) is 5.61. The van der Waals surface area contributed by atoms with Crippen LogP contribution in [0.4, 0.5) is 0 Å². The van der Waals surface area contributed by atoms with Gasteiger partial charge in [0.05, 0.1) is 6.54 Å². The SMILES string of the molecule is CCCNCC(=O)Cc1ccc(C)cc1Cl. The Morgan fingerprint density at radius 2 is 2.19 bits per heavy atom. The van der Waals surface area contributed by atoms with Gasteiger partial charge in [0.2, 0.25) is 0 Å². The van der Waals surface area contributed by atoms with Crippen molar-refractivity contribution in [2.45, 2.75) is 26.7 Å². The number of Topliss-reactive ketones (excluding diaryl/α,β-unsaturated/α-hetero) is 1. The molecule has 1 N–H and O–H groups in total. The van der Waals surface area contributed by atoms with Gasteiger partial charge < -0.3 is 5.32 Å². The van der Waals surface area contributed by atoms with Gasteiger partial charge in [-0.2, -0.15) is 0 Å². The molecule has 1 aromatic carbocycles. The van der Waals surface area contributed by atoms with E-state index in [1.165, 1.54) is 0 Å². The lowest BCUT2D eigenvalue weighted by molar-refractivity contribution is -0.117. The Labute approximate surface area is 102 Å². The highest BCUT2D eigenvalue weighted by molar-refractivity contribution is 6.31. The van der Waals surface area contributed by atoms with Crippen molar-refractivity contribution in [2.75, 3.05) is 13.1 Å². The topological polar surface area (TPSA) is 29.1 Å². The molecule has 16 heavy (non-hydrogen) atoms. The molecule has 0 unspecified atom stereocenters. The van der Waals surface area contributed by atoms with Crippen LogP contribution in [0.3, 0.4) is 0 Å². The zero-order chi connectivity index (χ0) is 12.0. The summed E-state index contributed by atoms with van der Waals surface area (Å²) in [6, 6.07) is 5.80. The van der Waals surface area contributed by atoms with Gasteiger partial charge in [0.15, 0.2) is 5.78 Å². The lowest BCUT2D eigenvalue weighted by Crippen LogP contribution is -2.24. The van der Waals surface area contributed by atoms with Gasteiger partial charge in [-0.3, -0.25) is 4.79 Å². The zero-order valence-electron chi connectivity index (χ0n) is 9.85. The van der Waals surface area contributed by atoms with Gasteiger partial charge in [0.1, 0.15) is 0 Å². The number of ketones is 1. The smallest absolute Gasteiger partial charge is 0.151 e. The first-order valence-corrected chi connectivity index (χ1v) is 5.98. The van der Waals surface area contributed by atoms with Crippen molar-refractivity contribution < 1.29 is 4.79 Å². The van der Waals surface area contributed by atoms with Gasteiger partial charge in [0.25, 0.3) is 0 Å². The number of rotatable bonds is 6. The summed E-state index contributed by atoms with van der Waals surface area (Å²) in [5, 5.41) is 3.78. The van der Waals surface area contributed by atoms with E-state index in [0.29, 0.717) is 18.0 Å². The van der Waals surface area contributed by atoms with E-state index < -0.39 is 0 Å². The van der Waals surface area contributed by atoms with Crippen LogP contribution in [0.2, 0.25) is 5.02 Å². The van der Waals surface area contributed by atoms with Crippen LogP contribution in [0.15, 0.2) is 18.2 Å². The molecule has 0 amide bonds. The van der Waals surface area contributed by atoms with Gasteiger partial charge in [-0.15, -0.1) is 0 Å². The van der Waals surface area contributed by atoms with E-state index >= 15 is 0 Å². The van der Waals surface area contributed by atoms with E-state index in [0.717, 1.165) is 24.1 Å². The monoisotopic (exact) mass is 239 g/mol. The summed E-state index contributed by atoms with van der Waals surface area (Å²) in [5.74, 6) is 0.180. The molecule has 1 rings (SSSR count). The first kappa shape index (κ1) is 13.2. The number of benzene rings is 1. The average Bonchev–Trinajstić information content (AvgIpc) is 2.23. The first-order chi connectivity index (χ1) is 7.63. The minimum atomic E-state index is 0.180. The van der Waals surface area contributed by atoms with Crippen molar-refractivity contribution >= 4 is 17.4 Å². The number of hydrogen-bond donors (Lipinski definition) is 1. The van der Waals surface area contributed by atoms with Gasteiger partial charge >= 0.3 is 0 Å². The van der Waals surface area contributed by atoms with Crippen molar-refractivity contribution in [1.29, 1.82) is 0 Å². The van der Waals surface area contributed by atoms with Gasteiger partial charge in [0, 0.05) is 11.4 Å². The quantitative estimate of drug-likeness (QED) is 0.774. The molecule has 1 aromatic rings. The van der Waals surface area contributed by atoms with E-state index in [-0.39, 0.29) is 5.78 Å². The summed E-state index contributed by atoms with van der Waals surface area (Å²) in [6.07, 6.45) is 1.45. The highest BCUT2D eigenvalue weighted by atomic mass is 35.5. The molecule has 0 aliphatic carbocycles. The Morgan fingerprint density at radius 1 is 1.44 bits per heavy atom. The van der Waals surface area contributed by atoms with Crippen molar-refractivity contribution in [3.05, 3.63) is 34.3 Å². The Kier molecular flexibility index (Phi) is 5.50. The van der Waals surface area contributed by atoms with Crippen molar-refractivity contribution in [2.24, 2.45) is 0 Å². The number of aryl methyl sites for hydroxylation is 1. The molecule has 2 nitrogen and oxygen atoms in total. The van der Waals surface area contributed by atoms with Gasteiger partial charge in [-0.25, -0.2) is 0 Å². The molecule has 0 saturated heterocycles. The lowest BCUT2D eigenvalue weighted by Gasteiger charge is -2.05. The standard InChI is InChI=1S/C13H18ClNO/c1-3-6-15-9-12(16)8-11-5-4-10(2)7-13(11)14/h4-5,7,15H,3,6,8-9H2,1-2H3. The number of carbonyl (C=O) groups excluding carboxylic acids is 1. The fraction of sp³-hybridized carbons (Fsp3) is 0.462. The Morgan fingerprint density at radius 3 is 2.81 bits per heavy atom. The number of carbonyl (C=O) groups is 1. The highest BCUT2D eigenvalue weighted by Crippen LogP contribution is 2.18. The predicted octanol–water partition coefficient (Wildman–Crippen LogP) is 2.76. The van der Waals surface area contributed by atoms with Crippen LogP contribution in [0.1, 0.15) is 24.5 Å². The third-order valence-electron chi connectivity index (χ3n) is 2.35. The van der Waals surface area contributed by atoms with Crippen LogP contribution in [0.5, 0.6) is 0 Å². The molecular weight excluding hydrogens is 222 g/mol. The highest BCUT2D eigenvalue weighted by Gasteiger charge is 2.06. The van der Waals surface area contributed by atoms with Crippen LogP contribution >= 0.6 is 11.6 Å². The molecule has 0 fully saturated rings. The van der Waals surface area contributed by atoms with E-state index in [2.05, 4.69) is 12.2 Å². The fourth-order valence-electron chi connectivity index (χ4n) is 1.48. The Balaban J connectivity index is 2.49. The fourth-order valence-corrected chi connectivity index (χ4v) is 1.78. The van der Waals surface area contributed by atoms with Crippen LogP contribution in [-0.4, -0.2) is 18.9 Å². The van der Waals surface area contributed by atoms with Gasteiger partial charge in [-0.05, 0) is 37.1 Å². The summed E-state index contributed by atoms with van der Waals surface area (Å²) >= 11 is 6.06. The van der Waals surface area contributed by atoms with E-state index in [9.17, 15) is 4.79 Å². The number of nitrogens with one attached hydrogen (secondary N) is 1. The average molecular weight is 240 g/mol. The summed E-state index contributed by atoms with van der Waals surface area (Å²) < 4.78 is 0. The molecule has 0 aliphatic heterocycles. The second kappa shape index (κ2) is 6.66. The molecule has 0 aromatic heterocycles. The maximum Gasteiger partial charge on any atom is 0.151 e. The van der Waals surface area contributed by atoms with E-state index in [1.807, 2.05) is 25.1 Å². The Hall–Kier alpha value is -0.860. The molecule has 0 radical (unpaired) electrons. The van der Waals surface area contributed by atoms with Crippen LogP contribution in [0, 0.1) is 6.92 Å². The van der Waals surface area contributed by atoms with E-state index in [1.54, 1.807) is 0 Å². The van der Waals surface area contributed by atoms with Crippen LogP contribution in [0.25, 0.3) is 0 Å². The third kappa shape index (κ3) is 4.33. The van der Waals surface area contributed by atoms with Crippen LogP contribution in [-0.2, 0) is 11.2 Å². The molecule has 0 atom stereocenters. The molecule has 0 aliphatic rings. The molecule has 3 heteroatoms. The molecule has 0 spiro atoms. The second-order valence-corrected chi connectivity index (χ2v) is 4.39. The zero-order valence-corrected chi connectivity index (χ0v) is 10.6. The van der Waals surface area contributed by atoms with Crippen LogP contribution < -0.4 is 5.32 Å². The minimum absolute atomic E-state index is 0.180. The maximum atomic E-state index is 11.6. The Bertz CT molecular complexity index is 363. The molecule has 0 bridgehead atoms. The van der Waals surface area contributed by atoms with Crippen molar-refractivity contribution in [3.8, 4) is 0 Å². The molecule has 0 saturated carbocycles. The van der Waals surface area contributed by atoms with Gasteiger partial charge in [-0.1, -0.05) is 30.7 Å². The lowest BCUT2D eigenvalue weighted by atomic mass is 10.1. The number of hydrogen-bond acceptors (Lipinski definition) is 2. The summed E-state index contributed by atoms with van der Waals surface area (Å²) in [6.45, 7) is 5.38. The predicted molar refractivity (Wildman–Crippen MR) is 68.1 cm³/mol. The van der Waals surface area contributed by atoms with E-state index in [4.69, 9.17) is 11.6 Å². The third-order valence-corrected chi connectivity index (χ3v) is 2.70. The molecule has 0 heterocycles. The summed E-state index contributed by atoms with van der Waals surface area (Å²) in [7, 11) is 0. The molecular formula is C13H18ClNO.